The number of furan rings is 1. The summed E-state index contributed by atoms with van der Waals surface area (Å²) in [7, 11) is 0. The fourth-order valence-electron chi connectivity index (χ4n) is 1.54. The number of carbonyl (C=O) groups is 2. The molecule has 2 aromatic rings. The van der Waals surface area contributed by atoms with Gasteiger partial charge in [-0.1, -0.05) is 0 Å². The standard InChI is InChI=1S/C12H11NO4S/c1-6-7(2)18-11(9(6)12(15)16)13-10(14)8-3-4-17-5-8/h3-5H,1-2H3,(H,13,14)(H,15,16). The molecule has 0 aliphatic rings. The average molecular weight is 265 g/mol. The first kappa shape index (κ1) is 12.4. The van der Waals surface area contributed by atoms with E-state index in [0.717, 1.165) is 4.88 Å². The minimum atomic E-state index is -1.04. The van der Waals surface area contributed by atoms with Crippen molar-refractivity contribution in [3.8, 4) is 0 Å². The molecule has 94 valence electrons. The summed E-state index contributed by atoms with van der Waals surface area (Å²) in [6.07, 6.45) is 2.70. The summed E-state index contributed by atoms with van der Waals surface area (Å²) in [6.45, 7) is 3.54. The summed E-state index contributed by atoms with van der Waals surface area (Å²) in [5.74, 6) is -1.42. The fourth-order valence-corrected chi connectivity index (χ4v) is 2.59. The van der Waals surface area contributed by atoms with Crippen LogP contribution in [0.4, 0.5) is 5.00 Å². The van der Waals surface area contributed by atoms with Crippen LogP contribution in [0, 0.1) is 13.8 Å². The maximum atomic E-state index is 11.8. The smallest absolute Gasteiger partial charge is 0.338 e. The molecular weight excluding hydrogens is 254 g/mol. The van der Waals surface area contributed by atoms with Gasteiger partial charge in [-0.15, -0.1) is 11.3 Å². The normalized spacial score (nSPS) is 10.3. The number of hydrogen-bond donors (Lipinski definition) is 2. The molecule has 0 bridgehead atoms. The number of thiophene rings is 1. The van der Waals surface area contributed by atoms with Gasteiger partial charge in [0.2, 0.25) is 0 Å². The van der Waals surface area contributed by atoms with E-state index in [2.05, 4.69) is 5.32 Å². The Morgan fingerprint density at radius 2 is 2.11 bits per heavy atom. The Labute approximate surface area is 107 Å². The van der Waals surface area contributed by atoms with Crippen molar-refractivity contribution in [2.24, 2.45) is 0 Å². The van der Waals surface area contributed by atoms with Crippen molar-refractivity contribution < 1.29 is 19.1 Å². The molecule has 0 fully saturated rings. The van der Waals surface area contributed by atoms with Crippen LogP contribution in [-0.2, 0) is 0 Å². The van der Waals surface area contributed by atoms with Gasteiger partial charge in [0.25, 0.3) is 5.91 Å². The van der Waals surface area contributed by atoms with Gasteiger partial charge >= 0.3 is 5.97 Å². The lowest BCUT2D eigenvalue weighted by Gasteiger charge is -2.02. The number of carboxylic acid groups (broad SMARTS) is 1. The Kier molecular flexibility index (Phi) is 3.20. The molecule has 2 N–H and O–H groups in total. The Balaban J connectivity index is 2.32. The zero-order valence-corrected chi connectivity index (χ0v) is 10.6. The molecule has 0 spiro atoms. The van der Waals surface area contributed by atoms with Gasteiger partial charge < -0.3 is 14.8 Å². The van der Waals surface area contributed by atoms with Crippen molar-refractivity contribution in [1.82, 2.24) is 0 Å². The number of aryl methyl sites for hydroxylation is 1. The molecular formula is C12H11NO4S. The van der Waals surface area contributed by atoms with E-state index in [-0.39, 0.29) is 11.5 Å². The molecule has 0 aromatic carbocycles. The molecule has 1 amide bonds. The number of anilines is 1. The highest BCUT2D eigenvalue weighted by molar-refractivity contribution is 7.16. The molecule has 0 saturated heterocycles. The number of hydrogen-bond acceptors (Lipinski definition) is 4. The van der Waals surface area contributed by atoms with Crippen LogP contribution in [0.2, 0.25) is 0 Å². The van der Waals surface area contributed by atoms with E-state index in [1.54, 1.807) is 6.92 Å². The second-order valence-electron chi connectivity index (χ2n) is 3.76. The highest BCUT2D eigenvalue weighted by Crippen LogP contribution is 2.32. The Bertz CT molecular complexity index is 598. The van der Waals surface area contributed by atoms with Crippen LogP contribution >= 0.6 is 11.3 Å². The van der Waals surface area contributed by atoms with Crippen molar-refractivity contribution in [1.29, 1.82) is 0 Å². The summed E-state index contributed by atoms with van der Waals surface area (Å²) in [5.41, 5.74) is 1.18. The molecule has 6 heteroatoms. The molecule has 2 aromatic heterocycles. The van der Waals surface area contributed by atoms with Gasteiger partial charge in [-0.05, 0) is 25.5 Å². The average Bonchev–Trinajstić information content (AvgIpc) is 2.88. The van der Waals surface area contributed by atoms with Gasteiger partial charge in [0.05, 0.1) is 17.4 Å². The van der Waals surface area contributed by atoms with Crippen molar-refractivity contribution >= 4 is 28.2 Å². The number of nitrogens with one attached hydrogen (secondary N) is 1. The lowest BCUT2D eigenvalue weighted by atomic mass is 10.1. The molecule has 0 radical (unpaired) electrons. The SMILES string of the molecule is Cc1sc(NC(=O)c2ccoc2)c(C(=O)O)c1C. The van der Waals surface area contributed by atoms with E-state index >= 15 is 0 Å². The van der Waals surface area contributed by atoms with E-state index in [0.29, 0.717) is 16.1 Å². The Hall–Kier alpha value is -2.08. The zero-order chi connectivity index (χ0) is 13.3. The van der Waals surface area contributed by atoms with Crippen LogP contribution in [-0.4, -0.2) is 17.0 Å². The van der Waals surface area contributed by atoms with Gasteiger partial charge in [-0.2, -0.15) is 0 Å². The largest absolute Gasteiger partial charge is 0.478 e. The summed E-state index contributed by atoms with van der Waals surface area (Å²) in [5, 5.41) is 12.1. The van der Waals surface area contributed by atoms with E-state index < -0.39 is 5.97 Å². The number of rotatable bonds is 3. The first-order valence-corrected chi connectivity index (χ1v) is 5.99. The van der Waals surface area contributed by atoms with Gasteiger partial charge in [-0.25, -0.2) is 4.79 Å². The van der Waals surface area contributed by atoms with E-state index in [1.165, 1.54) is 29.9 Å². The van der Waals surface area contributed by atoms with Crippen molar-refractivity contribution in [2.75, 3.05) is 5.32 Å². The third-order valence-electron chi connectivity index (χ3n) is 2.61. The molecule has 0 saturated carbocycles. The quantitative estimate of drug-likeness (QED) is 0.894. The van der Waals surface area contributed by atoms with Crippen molar-refractivity contribution in [2.45, 2.75) is 13.8 Å². The maximum Gasteiger partial charge on any atom is 0.338 e. The van der Waals surface area contributed by atoms with Gasteiger partial charge in [0.1, 0.15) is 11.3 Å². The molecule has 0 unspecified atom stereocenters. The van der Waals surface area contributed by atoms with E-state index in [9.17, 15) is 9.59 Å². The number of carboxylic acids is 1. The predicted molar refractivity (Wildman–Crippen MR) is 67.4 cm³/mol. The van der Waals surface area contributed by atoms with Gasteiger partial charge in [0, 0.05) is 4.88 Å². The monoisotopic (exact) mass is 265 g/mol. The molecule has 0 aliphatic heterocycles. The fraction of sp³-hybridized carbons (Fsp3) is 0.167. The number of aromatic carboxylic acids is 1. The van der Waals surface area contributed by atoms with Crippen molar-refractivity contribution in [3.63, 3.8) is 0 Å². The van der Waals surface area contributed by atoms with E-state index in [4.69, 9.17) is 9.52 Å². The highest BCUT2D eigenvalue weighted by Gasteiger charge is 2.20. The van der Waals surface area contributed by atoms with E-state index in [1.807, 2.05) is 6.92 Å². The Morgan fingerprint density at radius 3 is 2.67 bits per heavy atom. The van der Waals surface area contributed by atoms with Crippen LogP contribution in [0.5, 0.6) is 0 Å². The summed E-state index contributed by atoms with van der Waals surface area (Å²) in [4.78, 5) is 23.8. The maximum absolute atomic E-state index is 11.8. The third kappa shape index (κ3) is 2.14. The number of amides is 1. The topological polar surface area (TPSA) is 79.5 Å². The lowest BCUT2D eigenvalue weighted by Crippen LogP contribution is -2.12. The summed E-state index contributed by atoms with van der Waals surface area (Å²) >= 11 is 1.25. The molecule has 2 rings (SSSR count). The molecule has 5 nitrogen and oxygen atoms in total. The molecule has 0 atom stereocenters. The van der Waals surface area contributed by atoms with Gasteiger partial charge in [0.15, 0.2) is 0 Å². The molecule has 0 aliphatic carbocycles. The molecule has 18 heavy (non-hydrogen) atoms. The second kappa shape index (κ2) is 4.66. The summed E-state index contributed by atoms with van der Waals surface area (Å²) < 4.78 is 4.81. The second-order valence-corrected chi connectivity index (χ2v) is 4.98. The van der Waals surface area contributed by atoms with Crippen LogP contribution in [0.1, 0.15) is 31.2 Å². The molecule has 2 heterocycles. The first-order valence-electron chi connectivity index (χ1n) is 5.17. The van der Waals surface area contributed by atoms with Crippen molar-refractivity contribution in [3.05, 3.63) is 40.2 Å². The Morgan fingerprint density at radius 1 is 1.39 bits per heavy atom. The van der Waals surface area contributed by atoms with Crippen LogP contribution < -0.4 is 5.32 Å². The van der Waals surface area contributed by atoms with Crippen LogP contribution in [0.15, 0.2) is 23.0 Å². The summed E-state index contributed by atoms with van der Waals surface area (Å²) in [6, 6.07) is 1.52. The van der Waals surface area contributed by atoms with Crippen LogP contribution in [0.25, 0.3) is 0 Å². The van der Waals surface area contributed by atoms with Crippen LogP contribution in [0.3, 0.4) is 0 Å². The van der Waals surface area contributed by atoms with Gasteiger partial charge in [-0.3, -0.25) is 4.79 Å². The highest BCUT2D eigenvalue weighted by atomic mass is 32.1. The number of carbonyl (C=O) groups excluding carboxylic acids is 1. The first-order chi connectivity index (χ1) is 8.50. The minimum Gasteiger partial charge on any atom is -0.478 e. The predicted octanol–water partition coefficient (Wildman–Crippen LogP) is 2.91. The minimum absolute atomic E-state index is 0.148. The zero-order valence-electron chi connectivity index (χ0n) is 9.81. The third-order valence-corrected chi connectivity index (χ3v) is 3.73. The lowest BCUT2D eigenvalue weighted by molar-refractivity contribution is 0.0697.